The van der Waals surface area contributed by atoms with E-state index in [0.717, 1.165) is 32.5 Å². The van der Waals surface area contributed by atoms with Gasteiger partial charge in [0.2, 0.25) is 5.95 Å². The average Bonchev–Trinajstić information content (AvgIpc) is 3.45. The zero-order valence-electron chi connectivity index (χ0n) is 18.8. The molecule has 13 heteroatoms. The van der Waals surface area contributed by atoms with E-state index < -0.39 is 34.7 Å². The van der Waals surface area contributed by atoms with Gasteiger partial charge in [0.15, 0.2) is 23.0 Å². The zero-order chi connectivity index (χ0) is 24.9. The molecule has 1 unspecified atom stereocenters. The molecule has 2 fully saturated rings. The van der Waals surface area contributed by atoms with E-state index in [-0.39, 0.29) is 22.8 Å². The molecule has 2 aliphatic heterocycles. The van der Waals surface area contributed by atoms with Crippen LogP contribution in [0.1, 0.15) is 18.4 Å². The van der Waals surface area contributed by atoms with Gasteiger partial charge in [0, 0.05) is 31.9 Å². The lowest BCUT2D eigenvalue weighted by molar-refractivity contribution is -0.140. The van der Waals surface area contributed by atoms with Crippen molar-refractivity contribution in [3.63, 3.8) is 0 Å². The quantitative estimate of drug-likeness (QED) is 0.553. The summed E-state index contributed by atoms with van der Waals surface area (Å²) in [5.41, 5.74) is -2.46. The van der Waals surface area contributed by atoms with Gasteiger partial charge < -0.3 is 19.6 Å². The van der Waals surface area contributed by atoms with Crippen molar-refractivity contribution in [1.82, 2.24) is 24.6 Å². The first-order chi connectivity index (χ1) is 16.6. The number of hydrogen-bond donors (Lipinski definition) is 1. The van der Waals surface area contributed by atoms with E-state index in [2.05, 4.69) is 20.0 Å². The van der Waals surface area contributed by atoms with E-state index >= 15 is 0 Å². The van der Waals surface area contributed by atoms with Crippen molar-refractivity contribution in [2.75, 3.05) is 44.3 Å². The molecule has 188 valence electrons. The average molecular weight is 498 g/mol. The number of ether oxygens (including phenoxy) is 1. The molecule has 0 radical (unpaired) electrons. The van der Waals surface area contributed by atoms with Crippen LogP contribution in [-0.4, -0.2) is 75.2 Å². The molecule has 35 heavy (non-hydrogen) atoms. The number of phenolic OH excluding ortho intramolecular Hbond substituents is 1. The molecule has 1 atom stereocenters. The predicted octanol–water partition coefficient (Wildman–Crippen LogP) is 3.33. The summed E-state index contributed by atoms with van der Waals surface area (Å²) in [6, 6.07) is 0.321. The monoisotopic (exact) mass is 498 g/mol. The second-order valence-corrected chi connectivity index (χ2v) is 8.76. The highest BCUT2D eigenvalue weighted by Gasteiger charge is 2.38. The number of morpholine rings is 1. The molecule has 0 amide bonds. The third-order valence-electron chi connectivity index (χ3n) is 6.46. The van der Waals surface area contributed by atoms with Crippen LogP contribution in [0.4, 0.5) is 27.9 Å². The van der Waals surface area contributed by atoms with Crippen LogP contribution in [0.25, 0.3) is 22.3 Å². The number of likely N-dealkylation sites (tertiary alicyclic amines) is 1. The Kier molecular flexibility index (Phi) is 5.99. The third-order valence-corrected chi connectivity index (χ3v) is 6.46. The molecule has 2 aliphatic rings. The molecule has 0 bridgehead atoms. The fourth-order valence-corrected chi connectivity index (χ4v) is 4.70. The number of nitrogens with zero attached hydrogens (tertiary/aromatic N) is 6. The molecule has 5 rings (SSSR count). The van der Waals surface area contributed by atoms with Gasteiger partial charge in [-0.05, 0) is 32.0 Å². The number of halogens is 5. The molecular weight excluding hydrogens is 475 g/mol. The molecule has 8 nitrogen and oxygen atoms in total. The minimum Gasteiger partial charge on any atom is -0.503 e. The fraction of sp³-hybridized carbons (Fsp3) is 0.500. The molecule has 0 spiro atoms. The van der Waals surface area contributed by atoms with Crippen molar-refractivity contribution in [2.45, 2.75) is 25.1 Å². The van der Waals surface area contributed by atoms with Gasteiger partial charge in [0.1, 0.15) is 5.69 Å². The summed E-state index contributed by atoms with van der Waals surface area (Å²) in [6.07, 6.45) is -1.48. The minimum atomic E-state index is -5.14. The topological polar surface area (TPSA) is 79.5 Å². The molecule has 2 saturated heterocycles. The number of fused-ring (bicyclic) bond motifs is 1. The molecule has 1 aromatic carbocycles. The summed E-state index contributed by atoms with van der Waals surface area (Å²) in [6.45, 7) is 4.39. The van der Waals surface area contributed by atoms with Crippen molar-refractivity contribution in [3.8, 4) is 17.0 Å². The van der Waals surface area contributed by atoms with Crippen molar-refractivity contribution in [3.05, 3.63) is 29.5 Å². The largest absolute Gasteiger partial charge is 0.503 e. The summed E-state index contributed by atoms with van der Waals surface area (Å²) in [4.78, 5) is 13.4. The Balaban J connectivity index is 1.55. The van der Waals surface area contributed by atoms with Gasteiger partial charge in [-0.15, -0.1) is 0 Å². The van der Waals surface area contributed by atoms with Gasteiger partial charge >= 0.3 is 6.18 Å². The highest BCUT2D eigenvalue weighted by Crippen LogP contribution is 2.41. The highest BCUT2D eigenvalue weighted by molar-refractivity contribution is 5.91. The number of aromatic nitrogens is 4. The van der Waals surface area contributed by atoms with Gasteiger partial charge in [-0.2, -0.15) is 23.3 Å². The van der Waals surface area contributed by atoms with Gasteiger partial charge in [0.05, 0.1) is 30.2 Å². The van der Waals surface area contributed by atoms with Crippen LogP contribution in [0, 0.1) is 11.6 Å². The first-order valence-corrected chi connectivity index (χ1v) is 11.2. The van der Waals surface area contributed by atoms with Gasteiger partial charge in [0.25, 0.3) is 0 Å². The number of benzene rings is 1. The number of anilines is 1. The van der Waals surface area contributed by atoms with Crippen LogP contribution in [0.2, 0.25) is 0 Å². The summed E-state index contributed by atoms with van der Waals surface area (Å²) < 4.78 is 75.4. The Labute approximate surface area is 196 Å². The SMILES string of the molecule is Cn1nc(-c2cc(C(F)(F)F)c(F)c(O)c2F)c2cnc(N3CCOCC3CN3CCCC3)nc21. The first-order valence-electron chi connectivity index (χ1n) is 11.2. The van der Waals surface area contributed by atoms with Gasteiger partial charge in [-0.25, -0.2) is 18.4 Å². The predicted molar refractivity (Wildman–Crippen MR) is 116 cm³/mol. The lowest BCUT2D eigenvalue weighted by atomic mass is 10.0. The molecule has 4 heterocycles. The maximum Gasteiger partial charge on any atom is 0.419 e. The Morgan fingerprint density at radius 1 is 1.14 bits per heavy atom. The molecule has 3 aromatic rings. The van der Waals surface area contributed by atoms with Gasteiger partial charge in [-0.1, -0.05) is 0 Å². The Hall–Kier alpha value is -3.06. The summed E-state index contributed by atoms with van der Waals surface area (Å²) in [5, 5.41) is 14.0. The number of aryl methyl sites for hydroxylation is 1. The van der Waals surface area contributed by atoms with Crippen LogP contribution in [0.3, 0.4) is 0 Å². The normalized spacial score (nSPS) is 19.7. The van der Waals surface area contributed by atoms with Crippen molar-refractivity contribution >= 4 is 17.0 Å². The number of alkyl halides is 3. The number of rotatable bonds is 4. The molecule has 1 N–H and O–H groups in total. The second-order valence-electron chi connectivity index (χ2n) is 8.76. The van der Waals surface area contributed by atoms with Crippen LogP contribution >= 0.6 is 0 Å². The van der Waals surface area contributed by atoms with Crippen LogP contribution in [0.15, 0.2) is 12.3 Å². The standard InChI is InChI=1S/C22H23F5N6O2/c1-31-20-14(18(30-31)13-8-15(22(25,26)27)17(24)19(34)16(13)23)9-28-21(29-20)33-6-7-35-11-12(33)10-32-4-2-3-5-32/h8-9,12,34H,2-7,10-11H2,1H3. The van der Waals surface area contributed by atoms with E-state index in [1.807, 2.05) is 4.90 Å². The van der Waals surface area contributed by atoms with Crippen molar-refractivity contribution in [2.24, 2.45) is 7.05 Å². The highest BCUT2D eigenvalue weighted by atomic mass is 19.4. The van der Waals surface area contributed by atoms with E-state index in [4.69, 9.17) is 4.74 Å². The molecule has 0 saturated carbocycles. The van der Waals surface area contributed by atoms with E-state index in [0.29, 0.717) is 31.8 Å². The molecular formula is C22H23F5N6O2. The van der Waals surface area contributed by atoms with Crippen LogP contribution in [0.5, 0.6) is 5.75 Å². The second kappa shape index (κ2) is 8.86. The van der Waals surface area contributed by atoms with Gasteiger partial charge in [-0.3, -0.25) is 0 Å². The maximum atomic E-state index is 14.7. The lowest BCUT2D eigenvalue weighted by Crippen LogP contribution is -2.51. The fourth-order valence-electron chi connectivity index (χ4n) is 4.70. The summed E-state index contributed by atoms with van der Waals surface area (Å²) in [7, 11) is 1.51. The van der Waals surface area contributed by atoms with E-state index in [9.17, 15) is 27.1 Å². The summed E-state index contributed by atoms with van der Waals surface area (Å²) >= 11 is 0. The van der Waals surface area contributed by atoms with E-state index in [1.54, 1.807) is 0 Å². The Bertz CT molecular complexity index is 1260. The van der Waals surface area contributed by atoms with E-state index in [1.165, 1.54) is 17.9 Å². The van der Waals surface area contributed by atoms with Crippen molar-refractivity contribution in [1.29, 1.82) is 0 Å². The lowest BCUT2D eigenvalue weighted by Gasteiger charge is -2.37. The third kappa shape index (κ3) is 4.27. The van der Waals surface area contributed by atoms with Crippen LogP contribution < -0.4 is 4.90 Å². The summed E-state index contributed by atoms with van der Waals surface area (Å²) in [5.74, 6) is -4.94. The van der Waals surface area contributed by atoms with Crippen molar-refractivity contribution < 1.29 is 31.8 Å². The number of phenols is 1. The smallest absolute Gasteiger partial charge is 0.419 e. The number of aromatic hydroxyl groups is 1. The van der Waals surface area contributed by atoms with Crippen LogP contribution in [-0.2, 0) is 18.0 Å². The number of hydrogen-bond acceptors (Lipinski definition) is 7. The molecule has 0 aliphatic carbocycles. The zero-order valence-corrected chi connectivity index (χ0v) is 18.8. The Morgan fingerprint density at radius 2 is 1.89 bits per heavy atom. The minimum absolute atomic E-state index is 0.0211. The Morgan fingerprint density at radius 3 is 2.60 bits per heavy atom. The molecule has 2 aromatic heterocycles. The maximum absolute atomic E-state index is 14.7. The first kappa shape index (κ1) is 23.7.